The van der Waals surface area contributed by atoms with Crippen molar-refractivity contribution in [2.75, 3.05) is 33.9 Å². The molecule has 1 aromatic rings. The van der Waals surface area contributed by atoms with E-state index < -0.39 is 0 Å². The van der Waals surface area contributed by atoms with Crippen LogP contribution in [-0.4, -0.2) is 56.5 Å². The summed E-state index contributed by atoms with van der Waals surface area (Å²) >= 11 is 0. The van der Waals surface area contributed by atoms with Crippen LogP contribution in [0.25, 0.3) is 0 Å². The molecule has 0 unspecified atom stereocenters. The number of benzene rings is 1. The monoisotopic (exact) mass is 336 g/mol. The summed E-state index contributed by atoms with van der Waals surface area (Å²) in [6.45, 7) is 2.34. The van der Waals surface area contributed by atoms with Gasteiger partial charge in [0.25, 0.3) is 0 Å². The van der Waals surface area contributed by atoms with Crippen LogP contribution in [0.4, 0.5) is 0 Å². The van der Waals surface area contributed by atoms with E-state index in [1.54, 1.807) is 24.1 Å². The van der Waals surface area contributed by atoms with Crippen molar-refractivity contribution in [3.63, 3.8) is 0 Å². The highest BCUT2D eigenvalue weighted by atomic mass is 16.5. The Kier molecular flexibility index (Phi) is 8.32. The minimum Gasteiger partial charge on any atom is -0.497 e. The van der Waals surface area contributed by atoms with Crippen molar-refractivity contribution in [3.8, 4) is 5.75 Å². The van der Waals surface area contributed by atoms with E-state index in [0.29, 0.717) is 13.1 Å². The average Bonchev–Trinajstić information content (AvgIpc) is 2.57. The van der Waals surface area contributed by atoms with Crippen molar-refractivity contribution >= 4 is 17.8 Å². The Balaban J connectivity index is 2.65. The zero-order valence-electron chi connectivity index (χ0n) is 14.3. The van der Waals surface area contributed by atoms with Crippen LogP contribution in [0.15, 0.2) is 24.3 Å². The Morgan fingerprint density at radius 1 is 1.08 bits per heavy atom. The molecule has 0 fully saturated rings. The van der Waals surface area contributed by atoms with Crippen molar-refractivity contribution in [2.45, 2.75) is 19.8 Å². The number of amides is 2. The molecule has 0 saturated carbocycles. The number of nitrogens with one attached hydrogen (secondary N) is 1. The minimum absolute atomic E-state index is 0.116. The number of methoxy groups -OCH3 is 2. The van der Waals surface area contributed by atoms with Gasteiger partial charge in [-0.2, -0.15) is 0 Å². The van der Waals surface area contributed by atoms with Crippen molar-refractivity contribution in [1.29, 1.82) is 0 Å². The molecule has 0 aromatic heterocycles. The lowest BCUT2D eigenvalue weighted by atomic mass is 10.1. The number of nitrogens with zero attached hydrogens (tertiary/aromatic N) is 1. The highest BCUT2D eigenvalue weighted by molar-refractivity contribution is 5.79. The van der Waals surface area contributed by atoms with Crippen molar-refractivity contribution < 1.29 is 23.9 Å². The Bertz CT molecular complexity index is 557. The first-order chi connectivity index (χ1) is 11.5. The van der Waals surface area contributed by atoms with Crippen LogP contribution in [0.2, 0.25) is 0 Å². The van der Waals surface area contributed by atoms with Crippen molar-refractivity contribution in [1.82, 2.24) is 10.2 Å². The lowest BCUT2D eigenvalue weighted by Crippen LogP contribution is -2.40. The topological polar surface area (TPSA) is 84.9 Å². The minimum atomic E-state index is -0.378. The highest BCUT2D eigenvalue weighted by Gasteiger charge is 2.16. The number of rotatable bonds is 9. The first-order valence-electron chi connectivity index (χ1n) is 7.68. The predicted molar refractivity (Wildman–Crippen MR) is 88.6 cm³/mol. The number of esters is 1. The van der Waals surface area contributed by atoms with Crippen LogP contribution in [0.3, 0.4) is 0 Å². The molecule has 0 atom stereocenters. The zero-order chi connectivity index (χ0) is 17.9. The summed E-state index contributed by atoms with van der Waals surface area (Å²) in [5, 5.41) is 2.65. The van der Waals surface area contributed by atoms with Gasteiger partial charge in [-0.3, -0.25) is 14.4 Å². The molecule has 0 aliphatic carbocycles. The molecular formula is C17H24N2O5. The molecular weight excluding hydrogens is 312 g/mol. The van der Waals surface area contributed by atoms with Gasteiger partial charge >= 0.3 is 5.97 Å². The van der Waals surface area contributed by atoms with E-state index in [1.807, 2.05) is 12.1 Å². The van der Waals surface area contributed by atoms with Gasteiger partial charge in [-0.1, -0.05) is 12.1 Å². The molecule has 0 radical (unpaired) electrons. The maximum absolute atomic E-state index is 12.5. The number of hydrogen-bond acceptors (Lipinski definition) is 5. The fraction of sp³-hybridized carbons (Fsp3) is 0.471. The van der Waals surface area contributed by atoms with Gasteiger partial charge in [0.2, 0.25) is 11.8 Å². The maximum atomic E-state index is 12.5. The Hall–Kier alpha value is -2.57. The first kappa shape index (κ1) is 19.5. The molecule has 0 saturated heterocycles. The van der Waals surface area contributed by atoms with Gasteiger partial charge in [-0.05, 0) is 17.7 Å². The van der Waals surface area contributed by atoms with E-state index in [2.05, 4.69) is 10.1 Å². The summed E-state index contributed by atoms with van der Waals surface area (Å²) in [4.78, 5) is 36.3. The Morgan fingerprint density at radius 2 is 1.75 bits per heavy atom. The molecule has 1 N–H and O–H groups in total. The zero-order valence-corrected chi connectivity index (χ0v) is 14.3. The SMILES string of the molecule is COC(=O)CCN(CCNC(C)=O)C(=O)Cc1ccc(OC)cc1. The summed E-state index contributed by atoms with van der Waals surface area (Å²) in [7, 11) is 2.89. The summed E-state index contributed by atoms with van der Waals surface area (Å²) in [5.41, 5.74) is 0.850. The van der Waals surface area contributed by atoms with Crippen LogP contribution >= 0.6 is 0 Å². The highest BCUT2D eigenvalue weighted by Crippen LogP contribution is 2.12. The second kappa shape index (κ2) is 10.3. The summed E-state index contributed by atoms with van der Waals surface area (Å²) < 4.78 is 9.69. The largest absolute Gasteiger partial charge is 0.497 e. The molecule has 1 rings (SSSR count). The molecule has 0 aliphatic rings. The number of hydrogen-bond donors (Lipinski definition) is 1. The van der Waals surface area contributed by atoms with Crippen LogP contribution in [0.5, 0.6) is 5.75 Å². The molecule has 0 spiro atoms. The van der Waals surface area contributed by atoms with Gasteiger partial charge in [0.15, 0.2) is 0 Å². The Morgan fingerprint density at radius 3 is 2.29 bits per heavy atom. The number of carbonyl (C=O) groups excluding carboxylic acids is 3. The normalized spacial score (nSPS) is 9.96. The average molecular weight is 336 g/mol. The number of ether oxygens (including phenoxy) is 2. The molecule has 24 heavy (non-hydrogen) atoms. The van der Waals surface area contributed by atoms with E-state index >= 15 is 0 Å². The molecule has 1 aromatic carbocycles. The van der Waals surface area contributed by atoms with E-state index in [0.717, 1.165) is 11.3 Å². The summed E-state index contributed by atoms with van der Waals surface area (Å²) in [5.74, 6) is 0.0659. The lowest BCUT2D eigenvalue weighted by Gasteiger charge is -2.22. The van der Waals surface area contributed by atoms with Crippen LogP contribution in [0, 0.1) is 0 Å². The number of carbonyl (C=O) groups is 3. The van der Waals surface area contributed by atoms with Gasteiger partial charge in [-0.25, -0.2) is 0 Å². The fourth-order valence-electron chi connectivity index (χ4n) is 2.09. The third-order valence-corrected chi connectivity index (χ3v) is 3.44. The summed E-state index contributed by atoms with van der Waals surface area (Å²) in [6.07, 6.45) is 0.330. The van der Waals surface area contributed by atoms with Gasteiger partial charge in [0.05, 0.1) is 27.1 Å². The third kappa shape index (κ3) is 7.13. The van der Waals surface area contributed by atoms with Gasteiger partial charge in [0.1, 0.15) is 5.75 Å². The molecule has 0 bridgehead atoms. The molecule has 132 valence electrons. The molecule has 2 amide bonds. The second-order valence-electron chi connectivity index (χ2n) is 5.21. The second-order valence-corrected chi connectivity index (χ2v) is 5.21. The van der Waals surface area contributed by atoms with E-state index in [1.165, 1.54) is 14.0 Å². The maximum Gasteiger partial charge on any atom is 0.307 e. The molecule has 0 aliphatic heterocycles. The first-order valence-corrected chi connectivity index (χ1v) is 7.68. The van der Waals surface area contributed by atoms with Crippen molar-refractivity contribution in [3.05, 3.63) is 29.8 Å². The summed E-state index contributed by atoms with van der Waals surface area (Å²) in [6, 6.07) is 7.23. The van der Waals surface area contributed by atoms with Crippen LogP contribution < -0.4 is 10.1 Å². The van der Waals surface area contributed by atoms with E-state index in [9.17, 15) is 14.4 Å². The van der Waals surface area contributed by atoms with Crippen molar-refractivity contribution in [2.24, 2.45) is 0 Å². The standard InChI is InChI=1S/C17H24N2O5/c1-13(20)18-9-11-19(10-8-17(22)24-3)16(21)12-14-4-6-15(23-2)7-5-14/h4-7H,8-12H2,1-3H3,(H,18,20). The van der Waals surface area contributed by atoms with Crippen LogP contribution in [-0.2, 0) is 25.5 Å². The predicted octanol–water partition coefficient (Wildman–Crippen LogP) is 0.766. The van der Waals surface area contributed by atoms with Crippen LogP contribution in [0.1, 0.15) is 18.9 Å². The molecule has 0 heterocycles. The van der Waals surface area contributed by atoms with E-state index in [4.69, 9.17) is 4.74 Å². The van der Waals surface area contributed by atoms with Gasteiger partial charge < -0.3 is 19.7 Å². The van der Waals surface area contributed by atoms with Gasteiger partial charge in [-0.15, -0.1) is 0 Å². The van der Waals surface area contributed by atoms with E-state index in [-0.39, 0.29) is 37.2 Å². The molecule has 7 nitrogen and oxygen atoms in total. The smallest absolute Gasteiger partial charge is 0.307 e. The fourth-order valence-corrected chi connectivity index (χ4v) is 2.09. The lowest BCUT2D eigenvalue weighted by molar-refractivity contribution is -0.141. The third-order valence-electron chi connectivity index (χ3n) is 3.44. The quantitative estimate of drug-likeness (QED) is 0.673. The Labute approximate surface area is 141 Å². The van der Waals surface area contributed by atoms with Gasteiger partial charge in [0, 0.05) is 26.6 Å². The molecule has 7 heteroatoms.